The number of rotatable bonds is 0. The molecular formula is C2H3NaO4Rh. The molecule has 6 heteroatoms. The number of aliphatic carboxylic acids is 2. The van der Waals surface area contributed by atoms with Gasteiger partial charge in [-0.3, -0.25) is 0 Å². The number of carboxylic acid groups (broad SMARTS) is 2. The van der Waals surface area contributed by atoms with Crippen LogP contribution in [0.25, 0.3) is 0 Å². The summed E-state index contributed by atoms with van der Waals surface area (Å²) < 4.78 is 0. The number of carbonyl (C=O) groups is 2. The summed E-state index contributed by atoms with van der Waals surface area (Å²) in [5, 5.41) is 14.8. The molecule has 2 N–H and O–H groups in total. The van der Waals surface area contributed by atoms with Crippen LogP contribution in [0.2, 0.25) is 0 Å². The third-order valence-electron chi connectivity index (χ3n) is 0.183. The van der Waals surface area contributed by atoms with E-state index in [-0.39, 0.29) is 49.0 Å². The van der Waals surface area contributed by atoms with E-state index in [0.717, 1.165) is 0 Å². The van der Waals surface area contributed by atoms with Crippen molar-refractivity contribution >= 4 is 41.5 Å². The number of hydrogen-bond acceptors (Lipinski definition) is 2. The van der Waals surface area contributed by atoms with Crippen LogP contribution in [0.5, 0.6) is 0 Å². The van der Waals surface area contributed by atoms with Crippen molar-refractivity contribution in [1.82, 2.24) is 0 Å². The zero-order chi connectivity index (χ0) is 5.15. The first-order valence-electron chi connectivity index (χ1n) is 1.11. The summed E-state index contributed by atoms with van der Waals surface area (Å²) in [6, 6.07) is 0. The molecule has 0 aromatic rings. The smallest absolute Gasteiger partial charge is 0 e. The van der Waals surface area contributed by atoms with Crippen LogP contribution in [0.1, 0.15) is 0 Å². The molecule has 0 rings (SSSR count). The molecule has 0 saturated heterocycles. The molecule has 0 heterocycles. The van der Waals surface area contributed by atoms with E-state index in [1.807, 2.05) is 0 Å². The summed E-state index contributed by atoms with van der Waals surface area (Å²) in [6.07, 6.45) is 0. The quantitative estimate of drug-likeness (QED) is 0.382. The van der Waals surface area contributed by atoms with Crippen LogP contribution in [-0.4, -0.2) is 51.7 Å². The van der Waals surface area contributed by atoms with Crippen molar-refractivity contribution in [1.29, 1.82) is 0 Å². The fourth-order valence-corrected chi connectivity index (χ4v) is 0. The summed E-state index contributed by atoms with van der Waals surface area (Å²) in [5.74, 6) is -3.65. The van der Waals surface area contributed by atoms with E-state index >= 15 is 0 Å². The van der Waals surface area contributed by atoms with Crippen LogP contribution in [0, 0.1) is 0 Å². The second-order valence-electron chi connectivity index (χ2n) is 0.610. The molecule has 0 saturated carbocycles. The van der Waals surface area contributed by atoms with Gasteiger partial charge in [0.15, 0.2) is 0 Å². The van der Waals surface area contributed by atoms with Crippen LogP contribution in [0.3, 0.4) is 0 Å². The maximum absolute atomic E-state index is 9.10. The summed E-state index contributed by atoms with van der Waals surface area (Å²) in [5.41, 5.74) is 0. The standard InChI is InChI=1S/C2H2O4.Na.Rh.H/c3-1(4)2(5)6;;;/h(H,3,4)(H,5,6);;;. The second kappa shape index (κ2) is 7.56. The minimum absolute atomic E-state index is 0. The molecule has 0 spiro atoms. The van der Waals surface area contributed by atoms with Gasteiger partial charge in [0.1, 0.15) is 0 Å². The van der Waals surface area contributed by atoms with Gasteiger partial charge >= 0.3 is 41.5 Å². The van der Waals surface area contributed by atoms with E-state index in [4.69, 9.17) is 19.8 Å². The Kier molecular flexibility index (Phi) is 15.0. The van der Waals surface area contributed by atoms with Crippen molar-refractivity contribution in [3.05, 3.63) is 0 Å². The summed E-state index contributed by atoms with van der Waals surface area (Å²) in [4.78, 5) is 18.2. The SMILES string of the molecule is O=C(O)C(=O)O.[NaH].[Rh]. The average molecular weight is 217 g/mol. The molecule has 4 nitrogen and oxygen atoms in total. The molecule has 0 fully saturated rings. The number of hydrogen-bond donors (Lipinski definition) is 2. The molecule has 0 aliphatic rings. The van der Waals surface area contributed by atoms with Gasteiger partial charge in [-0.05, 0) is 0 Å². The monoisotopic (exact) mass is 217 g/mol. The van der Waals surface area contributed by atoms with E-state index in [0.29, 0.717) is 0 Å². The van der Waals surface area contributed by atoms with Crippen molar-refractivity contribution in [2.45, 2.75) is 0 Å². The van der Waals surface area contributed by atoms with Gasteiger partial charge in [0.05, 0.1) is 0 Å². The zero-order valence-corrected chi connectivity index (χ0v) is 4.68. The van der Waals surface area contributed by atoms with Gasteiger partial charge in [0.2, 0.25) is 0 Å². The maximum atomic E-state index is 9.10. The topological polar surface area (TPSA) is 74.6 Å². The van der Waals surface area contributed by atoms with Crippen LogP contribution in [-0.2, 0) is 29.1 Å². The van der Waals surface area contributed by atoms with Gasteiger partial charge in [-0.1, -0.05) is 0 Å². The first kappa shape index (κ1) is 15.8. The predicted octanol–water partition coefficient (Wildman–Crippen LogP) is -1.50. The first-order chi connectivity index (χ1) is 2.64. The summed E-state index contributed by atoms with van der Waals surface area (Å²) in [6.45, 7) is 0. The predicted molar refractivity (Wildman–Crippen MR) is 22.4 cm³/mol. The third-order valence-corrected chi connectivity index (χ3v) is 0.183. The minimum Gasteiger partial charge on any atom is 0 e. The Balaban J connectivity index is -0.000000125. The van der Waals surface area contributed by atoms with E-state index in [1.54, 1.807) is 0 Å². The van der Waals surface area contributed by atoms with Crippen molar-refractivity contribution in [2.75, 3.05) is 0 Å². The van der Waals surface area contributed by atoms with Crippen LogP contribution in [0.4, 0.5) is 0 Å². The van der Waals surface area contributed by atoms with E-state index in [1.165, 1.54) is 0 Å². The Bertz CT molecular complexity index is 80.0. The Morgan fingerprint density at radius 3 is 1.12 bits per heavy atom. The molecule has 8 heavy (non-hydrogen) atoms. The van der Waals surface area contributed by atoms with Gasteiger partial charge in [-0.15, -0.1) is 0 Å². The molecule has 0 bridgehead atoms. The van der Waals surface area contributed by atoms with E-state index in [9.17, 15) is 0 Å². The molecule has 1 radical (unpaired) electrons. The third kappa shape index (κ3) is 9.76. The Morgan fingerprint density at radius 2 is 1.12 bits per heavy atom. The molecule has 0 aromatic heterocycles. The average Bonchev–Trinajstić information content (AvgIpc) is 1.36. The molecule has 45 valence electrons. The van der Waals surface area contributed by atoms with Gasteiger partial charge in [0.25, 0.3) is 0 Å². The largest absolute Gasteiger partial charge is 0 e. The number of carboxylic acids is 2. The molecule has 0 aliphatic heterocycles. The minimum atomic E-state index is -1.82. The van der Waals surface area contributed by atoms with Crippen molar-refractivity contribution < 1.29 is 39.3 Å². The summed E-state index contributed by atoms with van der Waals surface area (Å²) in [7, 11) is 0. The fraction of sp³-hybridized carbons (Fsp3) is 0. The van der Waals surface area contributed by atoms with Crippen LogP contribution >= 0.6 is 0 Å². The second-order valence-corrected chi connectivity index (χ2v) is 0.610. The van der Waals surface area contributed by atoms with Gasteiger partial charge < -0.3 is 10.2 Å². The Labute approximate surface area is 80.3 Å². The van der Waals surface area contributed by atoms with Gasteiger partial charge in [0, 0.05) is 19.5 Å². The Hall–Kier alpha value is 0.563. The molecule has 0 aliphatic carbocycles. The molecular weight excluding hydrogens is 214 g/mol. The maximum Gasteiger partial charge on any atom is 0 e. The van der Waals surface area contributed by atoms with Gasteiger partial charge in [-0.25, -0.2) is 9.59 Å². The van der Waals surface area contributed by atoms with E-state index < -0.39 is 11.9 Å². The first-order valence-corrected chi connectivity index (χ1v) is 1.11. The summed E-state index contributed by atoms with van der Waals surface area (Å²) >= 11 is 0. The van der Waals surface area contributed by atoms with Crippen molar-refractivity contribution in [3.8, 4) is 0 Å². The van der Waals surface area contributed by atoms with Crippen LogP contribution < -0.4 is 0 Å². The van der Waals surface area contributed by atoms with Crippen LogP contribution in [0.15, 0.2) is 0 Å². The van der Waals surface area contributed by atoms with Crippen molar-refractivity contribution in [3.63, 3.8) is 0 Å². The van der Waals surface area contributed by atoms with Crippen molar-refractivity contribution in [2.24, 2.45) is 0 Å². The molecule has 0 aromatic carbocycles. The molecule has 0 atom stereocenters. The Morgan fingerprint density at radius 1 is 1.00 bits per heavy atom. The normalized spacial score (nSPS) is 5.50. The fourth-order valence-electron chi connectivity index (χ4n) is 0. The van der Waals surface area contributed by atoms with E-state index in [2.05, 4.69) is 0 Å². The zero-order valence-electron chi connectivity index (χ0n) is 3.04. The molecule has 0 unspecified atom stereocenters. The van der Waals surface area contributed by atoms with Gasteiger partial charge in [-0.2, -0.15) is 0 Å². The molecule has 0 amide bonds.